The summed E-state index contributed by atoms with van der Waals surface area (Å²) in [6.07, 6.45) is 2.95. The van der Waals surface area contributed by atoms with Gasteiger partial charge in [0.25, 0.3) is 0 Å². The van der Waals surface area contributed by atoms with Gasteiger partial charge in [-0.2, -0.15) is 15.0 Å². The molecule has 1 aliphatic rings. The third kappa shape index (κ3) is 3.49. The van der Waals surface area contributed by atoms with Crippen molar-refractivity contribution >= 4 is 11.8 Å². The zero-order valence-corrected chi connectivity index (χ0v) is 16.4. The highest BCUT2D eigenvalue weighted by molar-refractivity contribution is 7.99. The first-order valence-electron chi connectivity index (χ1n) is 9.10. The van der Waals surface area contributed by atoms with Gasteiger partial charge in [0, 0.05) is 30.1 Å². The first-order chi connectivity index (χ1) is 13.6. The molecule has 1 aliphatic heterocycles. The zero-order chi connectivity index (χ0) is 19.6. The molecule has 1 saturated heterocycles. The van der Waals surface area contributed by atoms with E-state index in [4.69, 9.17) is 4.74 Å². The molecular weight excluding hydrogens is 372 g/mol. The van der Waals surface area contributed by atoms with Crippen LogP contribution in [-0.4, -0.2) is 27.6 Å². The molecule has 0 radical (unpaired) electrons. The maximum absolute atomic E-state index is 12.0. The molecule has 28 heavy (non-hydrogen) atoms. The number of nitrogens with zero attached hydrogens (tertiary/aromatic N) is 4. The summed E-state index contributed by atoms with van der Waals surface area (Å²) in [7, 11) is 1.68. The highest BCUT2D eigenvalue weighted by Gasteiger charge is 2.34. The van der Waals surface area contributed by atoms with Gasteiger partial charge in [-0.15, -0.1) is 0 Å². The summed E-state index contributed by atoms with van der Waals surface area (Å²) in [6, 6.07) is 18.4. The number of benzene rings is 2. The Morgan fingerprint density at radius 1 is 1.14 bits per heavy atom. The molecule has 2 aromatic carbocycles. The van der Waals surface area contributed by atoms with E-state index >= 15 is 0 Å². The molecule has 1 fully saturated rings. The van der Waals surface area contributed by atoms with Crippen LogP contribution in [0.5, 0.6) is 0 Å². The maximum Gasteiger partial charge on any atom is 0.350 e. The number of aromatic nitrogens is 3. The van der Waals surface area contributed by atoms with E-state index in [1.165, 1.54) is 15.6 Å². The number of ether oxygens (including phenoxy) is 1. The van der Waals surface area contributed by atoms with Gasteiger partial charge < -0.3 is 4.74 Å². The lowest BCUT2D eigenvalue weighted by atomic mass is 9.75. The normalized spacial score (nSPS) is 15.9. The minimum atomic E-state index is -0.460. The lowest BCUT2D eigenvalue weighted by molar-refractivity contribution is 0.0675. The quantitative estimate of drug-likeness (QED) is 0.681. The molecule has 6 nitrogen and oxygen atoms in total. The van der Waals surface area contributed by atoms with Crippen molar-refractivity contribution in [1.29, 1.82) is 5.26 Å². The van der Waals surface area contributed by atoms with Crippen LogP contribution >= 0.6 is 11.8 Å². The SMILES string of the molecule is Cn1cnn(-c2ccc(Sc3cccc(C4(C#N)CCOCC4)c3)cc2)c1=O. The fourth-order valence-corrected chi connectivity index (χ4v) is 4.26. The number of rotatable bonds is 4. The molecule has 0 aliphatic carbocycles. The Morgan fingerprint density at radius 2 is 1.89 bits per heavy atom. The van der Waals surface area contributed by atoms with Crippen LogP contribution in [0.1, 0.15) is 18.4 Å². The first kappa shape index (κ1) is 18.5. The van der Waals surface area contributed by atoms with Gasteiger partial charge in [0.05, 0.1) is 17.2 Å². The summed E-state index contributed by atoms with van der Waals surface area (Å²) in [5.74, 6) is 0. The van der Waals surface area contributed by atoms with E-state index in [9.17, 15) is 10.1 Å². The molecule has 0 amide bonds. The summed E-state index contributed by atoms with van der Waals surface area (Å²) in [5, 5.41) is 13.9. The Labute approximate surface area is 167 Å². The average Bonchev–Trinajstić information content (AvgIpc) is 3.08. The smallest absolute Gasteiger partial charge is 0.350 e. The molecule has 2 heterocycles. The molecule has 4 rings (SSSR count). The average molecular weight is 392 g/mol. The molecule has 0 saturated carbocycles. The van der Waals surface area contributed by atoms with E-state index in [0.29, 0.717) is 13.2 Å². The molecule has 0 atom stereocenters. The molecule has 0 unspecified atom stereocenters. The van der Waals surface area contributed by atoms with Crippen LogP contribution in [-0.2, 0) is 17.2 Å². The van der Waals surface area contributed by atoms with E-state index in [-0.39, 0.29) is 5.69 Å². The predicted octanol–water partition coefficient (Wildman–Crippen LogP) is 3.29. The zero-order valence-electron chi connectivity index (χ0n) is 15.5. The molecule has 1 aromatic heterocycles. The van der Waals surface area contributed by atoms with E-state index in [1.54, 1.807) is 18.8 Å². The van der Waals surface area contributed by atoms with E-state index in [0.717, 1.165) is 33.9 Å². The summed E-state index contributed by atoms with van der Waals surface area (Å²) in [6.45, 7) is 1.25. The summed E-state index contributed by atoms with van der Waals surface area (Å²) >= 11 is 1.63. The fourth-order valence-electron chi connectivity index (χ4n) is 3.39. The number of aryl methyl sites for hydroxylation is 1. The minimum absolute atomic E-state index is 0.175. The maximum atomic E-state index is 12.0. The topological polar surface area (TPSA) is 72.8 Å². The van der Waals surface area contributed by atoms with Crippen molar-refractivity contribution in [3.05, 3.63) is 70.9 Å². The molecule has 0 N–H and O–H groups in total. The number of hydrogen-bond acceptors (Lipinski definition) is 5. The molecule has 7 heteroatoms. The van der Waals surface area contributed by atoms with Crippen LogP contribution < -0.4 is 5.69 Å². The van der Waals surface area contributed by atoms with Crippen LogP contribution in [0.2, 0.25) is 0 Å². The Bertz CT molecular complexity index is 1070. The van der Waals surface area contributed by atoms with Gasteiger partial charge in [0.1, 0.15) is 6.33 Å². The Morgan fingerprint density at radius 3 is 2.54 bits per heavy atom. The van der Waals surface area contributed by atoms with Crippen LogP contribution in [0.15, 0.2) is 69.4 Å². The summed E-state index contributed by atoms with van der Waals surface area (Å²) < 4.78 is 8.26. The lowest BCUT2D eigenvalue weighted by Crippen LogP contribution is -2.32. The highest BCUT2D eigenvalue weighted by atomic mass is 32.2. The number of hydrogen-bond donors (Lipinski definition) is 0. The van der Waals surface area contributed by atoms with Crippen molar-refractivity contribution in [2.75, 3.05) is 13.2 Å². The van der Waals surface area contributed by atoms with Crippen LogP contribution in [0.3, 0.4) is 0 Å². The Hall–Kier alpha value is -2.82. The minimum Gasteiger partial charge on any atom is -0.381 e. The van der Waals surface area contributed by atoms with Crippen LogP contribution in [0.4, 0.5) is 0 Å². The van der Waals surface area contributed by atoms with Crippen molar-refractivity contribution in [3.63, 3.8) is 0 Å². The van der Waals surface area contributed by atoms with Gasteiger partial charge >= 0.3 is 5.69 Å². The van der Waals surface area contributed by atoms with Crippen molar-refractivity contribution in [2.24, 2.45) is 7.05 Å². The molecule has 0 spiro atoms. The first-order valence-corrected chi connectivity index (χ1v) is 9.91. The number of nitriles is 1. The monoisotopic (exact) mass is 392 g/mol. The van der Waals surface area contributed by atoms with Gasteiger partial charge in [0.15, 0.2) is 0 Å². The molecule has 0 bridgehead atoms. The van der Waals surface area contributed by atoms with Gasteiger partial charge in [-0.3, -0.25) is 4.57 Å². The highest BCUT2D eigenvalue weighted by Crippen LogP contribution is 2.37. The third-order valence-corrected chi connectivity index (χ3v) is 6.08. The largest absolute Gasteiger partial charge is 0.381 e. The van der Waals surface area contributed by atoms with Crippen molar-refractivity contribution in [2.45, 2.75) is 28.0 Å². The van der Waals surface area contributed by atoms with Crippen LogP contribution in [0.25, 0.3) is 5.69 Å². The van der Waals surface area contributed by atoms with Gasteiger partial charge in [-0.05, 0) is 54.8 Å². The van der Waals surface area contributed by atoms with Crippen molar-refractivity contribution in [1.82, 2.24) is 14.3 Å². The third-order valence-electron chi connectivity index (χ3n) is 5.09. The van der Waals surface area contributed by atoms with Gasteiger partial charge in [0.2, 0.25) is 0 Å². The lowest BCUT2D eigenvalue weighted by Gasteiger charge is -2.31. The second-order valence-electron chi connectivity index (χ2n) is 6.87. The summed E-state index contributed by atoms with van der Waals surface area (Å²) in [4.78, 5) is 14.2. The second-order valence-corrected chi connectivity index (χ2v) is 8.01. The second kappa shape index (κ2) is 7.66. The van der Waals surface area contributed by atoms with Crippen molar-refractivity contribution in [3.8, 4) is 11.8 Å². The van der Waals surface area contributed by atoms with E-state index < -0.39 is 5.41 Å². The molecule has 3 aromatic rings. The Kier molecular flexibility index (Phi) is 5.07. The Balaban J connectivity index is 1.56. The van der Waals surface area contributed by atoms with E-state index in [2.05, 4.69) is 23.3 Å². The molecular formula is C21H20N4O2S. The van der Waals surface area contributed by atoms with E-state index in [1.807, 2.05) is 36.4 Å². The van der Waals surface area contributed by atoms with Crippen molar-refractivity contribution < 1.29 is 4.74 Å². The van der Waals surface area contributed by atoms with Crippen LogP contribution in [0, 0.1) is 11.3 Å². The fraction of sp³-hybridized carbons (Fsp3) is 0.286. The van der Waals surface area contributed by atoms with Gasteiger partial charge in [-0.25, -0.2) is 4.79 Å². The van der Waals surface area contributed by atoms with Gasteiger partial charge in [-0.1, -0.05) is 23.9 Å². The molecule has 142 valence electrons. The standard InChI is InChI=1S/C21H20N4O2S/c1-24-15-23-25(20(24)26)17-5-7-18(8-6-17)28-19-4-2-3-16(13-19)21(14-22)9-11-27-12-10-21/h2-8,13,15H,9-12H2,1H3. The summed E-state index contributed by atoms with van der Waals surface area (Å²) in [5.41, 5.74) is 1.15. The predicted molar refractivity (Wildman–Crippen MR) is 107 cm³/mol.